The SMILES string of the molecule is O=C(O)CN(CC(=O)N[C@H](Cc1ccc(NC(=O)OCc2ccccc2)cc1)C(=O)O)C(=O)Cc1ccc2ccccc2c1. The van der Waals surface area contributed by atoms with E-state index in [2.05, 4.69) is 10.6 Å². The van der Waals surface area contributed by atoms with E-state index in [1.807, 2.05) is 66.7 Å². The van der Waals surface area contributed by atoms with Crippen molar-refractivity contribution in [2.45, 2.75) is 25.5 Å². The molecular formula is C33H31N3O8. The number of carbonyl (C=O) groups is 5. The number of nitrogens with zero attached hydrogens (tertiary/aromatic N) is 1. The van der Waals surface area contributed by atoms with Gasteiger partial charge in [0.1, 0.15) is 25.7 Å². The van der Waals surface area contributed by atoms with Gasteiger partial charge in [-0.25, -0.2) is 9.59 Å². The lowest BCUT2D eigenvalue weighted by molar-refractivity contribution is -0.146. The molecular weight excluding hydrogens is 566 g/mol. The van der Waals surface area contributed by atoms with E-state index in [1.165, 1.54) is 0 Å². The van der Waals surface area contributed by atoms with E-state index < -0.39 is 49.0 Å². The fourth-order valence-electron chi connectivity index (χ4n) is 4.48. The van der Waals surface area contributed by atoms with Gasteiger partial charge in [0.15, 0.2) is 0 Å². The highest BCUT2D eigenvalue weighted by molar-refractivity contribution is 5.91. The molecule has 4 aromatic rings. The minimum atomic E-state index is -1.35. The van der Waals surface area contributed by atoms with E-state index in [0.717, 1.165) is 21.2 Å². The Hall–Kier alpha value is -5.71. The molecule has 0 bridgehead atoms. The van der Waals surface area contributed by atoms with Crippen molar-refractivity contribution in [2.75, 3.05) is 18.4 Å². The normalized spacial score (nSPS) is 11.3. The van der Waals surface area contributed by atoms with Crippen LogP contribution in [0.25, 0.3) is 10.8 Å². The van der Waals surface area contributed by atoms with Crippen LogP contribution in [0.1, 0.15) is 16.7 Å². The Kier molecular flexibility index (Phi) is 10.6. The summed E-state index contributed by atoms with van der Waals surface area (Å²) in [6.45, 7) is -1.25. The Morgan fingerprint density at radius 2 is 1.39 bits per heavy atom. The summed E-state index contributed by atoms with van der Waals surface area (Å²) in [6.07, 6.45) is -0.879. The first-order chi connectivity index (χ1) is 21.2. The molecule has 44 heavy (non-hydrogen) atoms. The minimum absolute atomic E-state index is 0.0935. The summed E-state index contributed by atoms with van der Waals surface area (Å²) in [7, 11) is 0. The lowest BCUT2D eigenvalue weighted by Gasteiger charge is -2.22. The maximum atomic E-state index is 13.0. The first-order valence-corrected chi connectivity index (χ1v) is 13.7. The third-order valence-corrected chi connectivity index (χ3v) is 6.67. The summed E-state index contributed by atoms with van der Waals surface area (Å²) in [5, 5.41) is 25.9. The fourth-order valence-corrected chi connectivity index (χ4v) is 4.48. The predicted octanol–water partition coefficient (Wildman–Crippen LogP) is 3.86. The number of anilines is 1. The fraction of sp³-hybridized carbons (Fsp3) is 0.182. The van der Waals surface area contributed by atoms with Crippen LogP contribution >= 0.6 is 0 Å². The number of carbonyl (C=O) groups excluding carboxylic acids is 3. The summed E-state index contributed by atoms with van der Waals surface area (Å²) >= 11 is 0. The third-order valence-electron chi connectivity index (χ3n) is 6.67. The molecule has 4 N–H and O–H groups in total. The Labute approximate surface area is 253 Å². The molecule has 0 aromatic heterocycles. The standard InChI is InChI=1S/C33H31N3O8/c37-29(19-36(20-31(39)40)30(38)18-24-10-13-25-8-4-5-9-26(25)16-24)35-28(32(41)42)17-22-11-14-27(15-12-22)34-33(43)44-21-23-6-2-1-3-7-23/h1-16,28H,17-21H2,(H,34,43)(H,35,37)(H,39,40)(H,41,42)/t28-/m1/s1. The number of hydrogen-bond donors (Lipinski definition) is 4. The number of nitrogens with one attached hydrogen (secondary N) is 2. The second kappa shape index (κ2) is 15.0. The number of ether oxygens (including phenoxy) is 1. The highest BCUT2D eigenvalue weighted by Gasteiger charge is 2.25. The lowest BCUT2D eigenvalue weighted by atomic mass is 10.0. The van der Waals surface area contributed by atoms with E-state index in [1.54, 1.807) is 30.3 Å². The first kappa shape index (κ1) is 31.2. The molecule has 4 aromatic carbocycles. The van der Waals surface area contributed by atoms with Gasteiger partial charge >= 0.3 is 18.0 Å². The predicted molar refractivity (Wildman–Crippen MR) is 162 cm³/mol. The molecule has 11 heteroatoms. The number of amides is 3. The van der Waals surface area contributed by atoms with Gasteiger partial charge in [-0.15, -0.1) is 0 Å². The van der Waals surface area contributed by atoms with Gasteiger partial charge in [0.05, 0.1) is 6.42 Å². The second-order valence-electron chi connectivity index (χ2n) is 10.0. The minimum Gasteiger partial charge on any atom is -0.480 e. The highest BCUT2D eigenvalue weighted by Crippen LogP contribution is 2.17. The molecule has 0 fully saturated rings. The van der Waals surface area contributed by atoms with Crippen LogP contribution < -0.4 is 10.6 Å². The molecule has 11 nitrogen and oxygen atoms in total. The molecule has 226 valence electrons. The van der Waals surface area contributed by atoms with Gasteiger partial charge in [-0.2, -0.15) is 0 Å². The molecule has 0 heterocycles. The van der Waals surface area contributed by atoms with Gasteiger partial charge in [0.2, 0.25) is 11.8 Å². The van der Waals surface area contributed by atoms with E-state index in [4.69, 9.17) is 4.74 Å². The summed E-state index contributed by atoms with van der Waals surface area (Å²) in [4.78, 5) is 62.1. The van der Waals surface area contributed by atoms with E-state index in [-0.39, 0.29) is 19.4 Å². The molecule has 0 unspecified atom stereocenters. The Bertz CT molecular complexity index is 1640. The second-order valence-corrected chi connectivity index (χ2v) is 10.0. The van der Waals surface area contributed by atoms with Crippen LogP contribution in [0.15, 0.2) is 97.1 Å². The first-order valence-electron chi connectivity index (χ1n) is 13.7. The van der Waals surface area contributed by atoms with Gasteiger partial charge < -0.3 is 25.2 Å². The van der Waals surface area contributed by atoms with Crippen LogP contribution in [0.2, 0.25) is 0 Å². The van der Waals surface area contributed by atoms with Crippen molar-refractivity contribution >= 4 is 46.3 Å². The maximum absolute atomic E-state index is 13.0. The van der Waals surface area contributed by atoms with Crippen molar-refractivity contribution in [3.63, 3.8) is 0 Å². The van der Waals surface area contributed by atoms with Crippen LogP contribution in [-0.4, -0.2) is 64.1 Å². The topological polar surface area (TPSA) is 162 Å². The van der Waals surface area contributed by atoms with Crippen LogP contribution in [-0.2, 0) is 43.4 Å². The summed E-state index contributed by atoms with van der Waals surface area (Å²) < 4.78 is 5.18. The monoisotopic (exact) mass is 597 g/mol. The van der Waals surface area contributed by atoms with Crippen LogP contribution in [0.5, 0.6) is 0 Å². The van der Waals surface area contributed by atoms with Gasteiger partial charge in [0, 0.05) is 12.1 Å². The van der Waals surface area contributed by atoms with Crippen molar-refractivity contribution in [1.29, 1.82) is 0 Å². The van der Waals surface area contributed by atoms with E-state index >= 15 is 0 Å². The number of carboxylic acid groups (broad SMARTS) is 2. The van der Waals surface area contributed by atoms with E-state index in [0.29, 0.717) is 16.8 Å². The lowest BCUT2D eigenvalue weighted by Crippen LogP contribution is -2.49. The zero-order valence-electron chi connectivity index (χ0n) is 23.6. The number of carboxylic acids is 2. The van der Waals surface area contributed by atoms with Gasteiger partial charge in [0.25, 0.3) is 0 Å². The summed E-state index contributed by atoms with van der Waals surface area (Å²) in [5.41, 5.74) is 2.46. The van der Waals surface area contributed by atoms with Gasteiger partial charge in [-0.3, -0.25) is 19.7 Å². The van der Waals surface area contributed by atoms with Crippen molar-refractivity contribution in [3.05, 3.63) is 114 Å². The van der Waals surface area contributed by atoms with Crippen LogP contribution in [0.3, 0.4) is 0 Å². The smallest absolute Gasteiger partial charge is 0.411 e. The molecule has 3 amide bonds. The molecule has 0 radical (unpaired) electrons. The number of benzene rings is 4. The Morgan fingerprint density at radius 3 is 2.07 bits per heavy atom. The van der Waals surface area contributed by atoms with Crippen molar-refractivity contribution in [3.8, 4) is 0 Å². The highest BCUT2D eigenvalue weighted by atomic mass is 16.5. The quantitative estimate of drug-likeness (QED) is 0.181. The molecule has 0 spiro atoms. The average molecular weight is 598 g/mol. The average Bonchev–Trinajstić information content (AvgIpc) is 3.00. The van der Waals surface area contributed by atoms with Crippen LogP contribution in [0.4, 0.5) is 10.5 Å². The van der Waals surface area contributed by atoms with Gasteiger partial charge in [-0.1, -0.05) is 84.9 Å². The third kappa shape index (κ3) is 9.41. The number of fused-ring (bicyclic) bond motifs is 1. The number of hydrogen-bond acceptors (Lipinski definition) is 6. The molecule has 4 rings (SSSR count). The molecule has 0 aliphatic rings. The number of rotatable bonds is 13. The number of aliphatic carboxylic acids is 2. The van der Waals surface area contributed by atoms with Gasteiger partial charge in [-0.05, 0) is 39.6 Å². The Morgan fingerprint density at radius 1 is 0.727 bits per heavy atom. The van der Waals surface area contributed by atoms with E-state index in [9.17, 15) is 34.2 Å². The Balaban J connectivity index is 1.32. The summed E-state index contributed by atoms with van der Waals surface area (Å²) in [5.74, 6) is -4.02. The van der Waals surface area contributed by atoms with Crippen molar-refractivity contribution in [1.82, 2.24) is 10.2 Å². The molecule has 0 aliphatic heterocycles. The van der Waals surface area contributed by atoms with Crippen molar-refractivity contribution < 1.29 is 38.9 Å². The molecule has 0 saturated heterocycles. The van der Waals surface area contributed by atoms with Crippen LogP contribution in [0, 0.1) is 0 Å². The zero-order valence-corrected chi connectivity index (χ0v) is 23.6. The molecule has 1 atom stereocenters. The molecule has 0 aliphatic carbocycles. The summed E-state index contributed by atoms with van der Waals surface area (Å²) in [6, 6.07) is 27.2. The zero-order chi connectivity index (χ0) is 31.5. The van der Waals surface area contributed by atoms with Crippen molar-refractivity contribution in [2.24, 2.45) is 0 Å². The largest absolute Gasteiger partial charge is 0.480 e. The molecule has 0 saturated carbocycles. The maximum Gasteiger partial charge on any atom is 0.411 e.